The van der Waals surface area contributed by atoms with E-state index in [1.54, 1.807) is 0 Å². The van der Waals surface area contributed by atoms with E-state index in [2.05, 4.69) is 33.5 Å². The molecule has 18 heavy (non-hydrogen) atoms. The van der Waals surface area contributed by atoms with Crippen molar-refractivity contribution in [2.75, 3.05) is 38.7 Å². The van der Waals surface area contributed by atoms with Gasteiger partial charge >= 0.3 is 0 Å². The Balaban J connectivity index is 2.01. The standard InChI is InChI=1S/C13H19BrN2O2/c1-9-5-13(12(15-2)6-11(9)14)18-8-10-7-16-3-4-17-10/h5-6,10,15-16H,3-4,7-8H2,1-2H3/t10-/m0/s1. The Kier molecular flexibility index (Phi) is 4.86. The maximum atomic E-state index is 5.86. The maximum absolute atomic E-state index is 5.86. The summed E-state index contributed by atoms with van der Waals surface area (Å²) in [6.45, 7) is 5.16. The highest BCUT2D eigenvalue weighted by molar-refractivity contribution is 9.10. The lowest BCUT2D eigenvalue weighted by molar-refractivity contribution is 0.000333. The van der Waals surface area contributed by atoms with Crippen LogP contribution in [-0.4, -0.2) is 39.5 Å². The van der Waals surface area contributed by atoms with Crippen LogP contribution in [0.1, 0.15) is 5.56 Å². The van der Waals surface area contributed by atoms with Gasteiger partial charge in [0.05, 0.1) is 12.3 Å². The molecule has 1 saturated heterocycles. The minimum Gasteiger partial charge on any atom is -0.489 e. The molecule has 100 valence electrons. The van der Waals surface area contributed by atoms with Crippen LogP contribution in [0.3, 0.4) is 0 Å². The molecule has 0 saturated carbocycles. The number of morpholine rings is 1. The van der Waals surface area contributed by atoms with Crippen LogP contribution in [0.4, 0.5) is 5.69 Å². The van der Waals surface area contributed by atoms with Gasteiger partial charge in [-0.05, 0) is 24.6 Å². The summed E-state index contributed by atoms with van der Waals surface area (Å²) >= 11 is 3.52. The minimum atomic E-state index is 0.132. The zero-order valence-electron chi connectivity index (χ0n) is 10.8. The smallest absolute Gasteiger partial charge is 0.142 e. The van der Waals surface area contributed by atoms with Gasteiger partial charge in [-0.1, -0.05) is 15.9 Å². The molecule has 2 N–H and O–H groups in total. The Bertz CT molecular complexity index is 406. The molecule has 0 amide bonds. The number of anilines is 1. The topological polar surface area (TPSA) is 42.5 Å². The normalized spacial score (nSPS) is 19.6. The predicted molar refractivity (Wildman–Crippen MR) is 76.5 cm³/mol. The van der Waals surface area contributed by atoms with Crippen LogP contribution in [0.5, 0.6) is 5.75 Å². The molecule has 0 aliphatic carbocycles. The summed E-state index contributed by atoms with van der Waals surface area (Å²) in [5, 5.41) is 6.43. The van der Waals surface area contributed by atoms with Gasteiger partial charge in [0.2, 0.25) is 0 Å². The number of nitrogens with one attached hydrogen (secondary N) is 2. The summed E-state index contributed by atoms with van der Waals surface area (Å²) in [5.74, 6) is 0.868. The second kappa shape index (κ2) is 6.41. The van der Waals surface area contributed by atoms with Gasteiger partial charge in [0, 0.05) is 24.6 Å². The fourth-order valence-corrected chi connectivity index (χ4v) is 2.22. The van der Waals surface area contributed by atoms with E-state index in [-0.39, 0.29) is 6.10 Å². The van der Waals surface area contributed by atoms with E-state index in [1.807, 2.05) is 19.2 Å². The molecule has 0 unspecified atom stereocenters. The van der Waals surface area contributed by atoms with Crippen LogP contribution in [0.15, 0.2) is 16.6 Å². The van der Waals surface area contributed by atoms with Crippen LogP contribution in [-0.2, 0) is 4.74 Å². The number of halogens is 1. The second-order valence-corrected chi connectivity index (χ2v) is 5.21. The monoisotopic (exact) mass is 314 g/mol. The third-order valence-corrected chi connectivity index (χ3v) is 3.81. The van der Waals surface area contributed by atoms with E-state index in [1.165, 1.54) is 0 Å². The van der Waals surface area contributed by atoms with Crippen molar-refractivity contribution in [3.63, 3.8) is 0 Å². The van der Waals surface area contributed by atoms with E-state index in [0.29, 0.717) is 6.61 Å². The van der Waals surface area contributed by atoms with E-state index in [0.717, 1.165) is 41.2 Å². The molecule has 0 aromatic heterocycles. The van der Waals surface area contributed by atoms with Crippen LogP contribution in [0.25, 0.3) is 0 Å². The van der Waals surface area contributed by atoms with Crippen molar-refractivity contribution in [3.8, 4) is 5.75 Å². The zero-order chi connectivity index (χ0) is 13.0. The summed E-state index contributed by atoms with van der Waals surface area (Å²) < 4.78 is 12.5. The molecule has 0 spiro atoms. The molecule has 1 aliphatic heterocycles. The lowest BCUT2D eigenvalue weighted by Crippen LogP contribution is -2.41. The summed E-state index contributed by atoms with van der Waals surface area (Å²) in [5.41, 5.74) is 2.14. The third-order valence-electron chi connectivity index (χ3n) is 2.96. The molecule has 1 aromatic rings. The van der Waals surface area contributed by atoms with Gasteiger partial charge in [0.1, 0.15) is 18.5 Å². The van der Waals surface area contributed by atoms with Crippen molar-refractivity contribution in [2.24, 2.45) is 0 Å². The summed E-state index contributed by atoms with van der Waals surface area (Å²) in [6.07, 6.45) is 0.132. The number of aryl methyl sites for hydroxylation is 1. The van der Waals surface area contributed by atoms with Crippen molar-refractivity contribution in [2.45, 2.75) is 13.0 Å². The van der Waals surface area contributed by atoms with E-state index in [4.69, 9.17) is 9.47 Å². The van der Waals surface area contributed by atoms with E-state index in [9.17, 15) is 0 Å². The average Bonchev–Trinajstić information content (AvgIpc) is 2.41. The molecule has 0 radical (unpaired) electrons. The first-order valence-corrected chi connectivity index (χ1v) is 6.93. The Morgan fingerprint density at radius 1 is 1.56 bits per heavy atom. The number of ether oxygens (including phenoxy) is 2. The van der Waals surface area contributed by atoms with Crippen LogP contribution in [0, 0.1) is 6.92 Å². The van der Waals surface area contributed by atoms with Crippen LogP contribution in [0.2, 0.25) is 0 Å². The largest absolute Gasteiger partial charge is 0.489 e. The van der Waals surface area contributed by atoms with Crippen LogP contribution >= 0.6 is 15.9 Å². The molecule has 4 nitrogen and oxygen atoms in total. The first-order valence-electron chi connectivity index (χ1n) is 6.13. The summed E-state index contributed by atoms with van der Waals surface area (Å²) in [4.78, 5) is 0. The molecular weight excluding hydrogens is 296 g/mol. The van der Waals surface area contributed by atoms with Crippen molar-refractivity contribution in [1.29, 1.82) is 0 Å². The lowest BCUT2D eigenvalue weighted by atomic mass is 10.2. The number of rotatable bonds is 4. The van der Waals surface area contributed by atoms with Gasteiger partial charge in [-0.2, -0.15) is 0 Å². The average molecular weight is 315 g/mol. The number of benzene rings is 1. The van der Waals surface area contributed by atoms with Crippen molar-refractivity contribution in [1.82, 2.24) is 5.32 Å². The predicted octanol–water partition coefficient (Wildman–Crippen LogP) is 2.17. The van der Waals surface area contributed by atoms with Gasteiger partial charge in [-0.3, -0.25) is 0 Å². The number of hydrogen-bond acceptors (Lipinski definition) is 4. The highest BCUT2D eigenvalue weighted by atomic mass is 79.9. The molecule has 2 rings (SSSR count). The van der Waals surface area contributed by atoms with Gasteiger partial charge in [-0.25, -0.2) is 0 Å². The Morgan fingerprint density at radius 2 is 2.39 bits per heavy atom. The zero-order valence-corrected chi connectivity index (χ0v) is 12.3. The molecule has 0 bridgehead atoms. The quantitative estimate of drug-likeness (QED) is 0.894. The van der Waals surface area contributed by atoms with E-state index < -0.39 is 0 Å². The van der Waals surface area contributed by atoms with Gasteiger partial charge < -0.3 is 20.1 Å². The van der Waals surface area contributed by atoms with Crippen molar-refractivity contribution < 1.29 is 9.47 Å². The first kappa shape index (κ1) is 13.6. The first-order chi connectivity index (χ1) is 8.70. The SMILES string of the molecule is CNc1cc(Br)c(C)cc1OC[C@@H]1CNCCO1. The lowest BCUT2D eigenvalue weighted by Gasteiger charge is -2.24. The fraction of sp³-hybridized carbons (Fsp3) is 0.538. The Morgan fingerprint density at radius 3 is 3.06 bits per heavy atom. The van der Waals surface area contributed by atoms with Crippen molar-refractivity contribution in [3.05, 3.63) is 22.2 Å². The highest BCUT2D eigenvalue weighted by Crippen LogP contribution is 2.31. The molecule has 1 aliphatic rings. The molecule has 1 atom stereocenters. The molecular formula is C13H19BrN2O2. The molecule has 1 aromatic carbocycles. The Labute approximate surface area is 116 Å². The number of hydrogen-bond donors (Lipinski definition) is 2. The van der Waals surface area contributed by atoms with Gasteiger partial charge in [0.25, 0.3) is 0 Å². The molecule has 5 heteroatoms. The highest BCUT2D eigenvalue weighted by Gasteiger charge is 2.15. The van der Waals surface area contributed by atoms with Crippen LogP contribution < -0.4 is 15.4 Å². The van der Waals surface area contributed by atoms with Crippen molar-refractivity contribution >= 4 is 21.6 Å². The summed E-state index contributed by atoms with van der Waals surface area (Å²) in [7, 11) is 1.89. The molecule has 1 fully saturated rings. The fourth-order valence-electron chi connectivity index (χ4n) is 1.88. The second-order valence-electron chi connectivity index (χ2n) is 4.36. The minimum absolute atomic E-state index is 0.132. The summed E-state index contributed by atoms with van der Waals surface area (Å²) in [6, 6.07) is 4.07. The molecule has 1 heterocycles. The van der Waals surface area contributed by atoms with Gasteiger partial charge in [-0.15, -0.1) is 0 Å². The maximum Gasteiger partial charge on any atom is 0.142 e. The van der Waals surface area contributed by atoms with Gasteiger partial charge in [0.15, 0.2) is 0 Å². The third kappa shape index (κ3) is 3.37. The Hall–Kier alpha value is -0.780. The van der Waals surface area contributed by atoms with E-state index >= 15 is 0 Å².